The van der Waals surface area contributed by atoms with Crippen molar-refractivity contribution in [1.29, 1.82) is 5.26 Å². The third-order valence-corrected chi connectivity index (χ3v) is 7.02. The van der Waals surface area contributed by atoms with E-state index in [1.165, 1.54) is 12.1 Å². The maximum Gasteiger partial charge on any atom is 0.269 e. The fourth-order valence-corrected chi connectivity index (χ4v) is 5.24. The second-order valence-electron chi connectivity index (χ2n) is 9.03. The predicted octanol–water partition coefficient (Wildman–Crippen LogP) is 3.79. The average molecular weight is 486 g/mol. The lowest BCUT2D eigenvalue weighted by Crippen LogP contribution is -2.61. The van der Waals surface area contributed by atoms with E-state index in [1.54, 1.807) is 36.4 Å². The molecule has 5 rings (SSSR count). The van der Waals surface area contributed by atoms with Gasteiger partial charge in [-0.3, -0.25) is 14.9 Å². The van der Waals surface area contributed by atoms with Gasteiger partial charge in [-0.05, 0) is 36.2 Å². The van der Waals surface area contributed by atoms with Gasteiger partial charge in [0, 0.05) is 49.6 Å². The first-order valence-electron chi connectivity index (χ1n) is 11.8. The number of nitro benzene ring substituents is 1. The second kappa shape index (κ2) is 9.66. The number of rotatable bonds is 5. The number of carbonyl (C=O) groups is 1. The lowest BCUT2D eigenvalue weighted by Gasteiger charge is -2.49. The van der Waals surface area contributed by atoms with E-state index < -0.39 is 10.8 Å². The molecule has 1 saturated heterocycles. The minimum Gasteiger partial charge on any atom is -0.367 e. The maximum atomic E-state index is 14.1. The summed E-state index contributed by atoms with van der Waals surface area (Å²) in [5.41, 5.74) is 3.40. The SMILES string of the molecule is N#Cc1ccccc1N1CCN2c3ccc([N+](=O)[O-])cc3CC(C(=O)NCc3ccccc3F)C2C1. The van der Waals surface area contributed by atoms with Crippen molar-refractivity contribution in [2.24, 2.45) is 5.92 Å². The lowest BCUT2D eigenvalue weighted by molar-refractivity contribution is -0.384. The van der Waals surface area contributed by atoms with Crippen LogP contribution in [0.2, 0.25) is 0 Å². The molecule has 2 aliphatic rings. The Morgan fingerprint density at radius 3 is 2.67 bits per heavy atom. The second-order valence-corrected chi connectivity index (χ2v) is 9.03. The van der Waals surface area contributed by atoms with Crippen LogP contribution in [-0.4, -0.2) is 36.5 Å². The van der Waals surface area contributed by atoms with Crippen molar-refractivity contribution >= 4 is 23.0 Å². The molecule has 0 saturated carbocycles. The van der Waals surface area contributed by atoms with Gasteiger partial charge in [-0.25, -0.2) is 4.39 Å². The first-order chi connectivity index (χ1) is 17.5. The summed E-state index contributed by atoms with van der Waals surface area (Å²) in [5.74, 6) is -1.13. The number of nitro groups is 1. The average Bonchev–Trinajstić information content (AvgIpc) is 2.91. The van der Waals surface area contributed by atoms with Crippen molar-refractivity contribution in [3.05, 3.63) is 99.4 Å². The summed E-state index contributed by atoms with van der Waals surface area (Å²) in [5, 5.41) is 23.8. The van der Waals surface area contributed by atoms with Gasteiger partial charge in [0.25, 0.3) is 5.69 Å². The number of nitrogens with zero attached hydrogens (tertiary/aromatic N) is 4. The fraction of sp³-hybridized carbons (Fsp3) is 0.259. The summed E-state index contributed by atoms with van der Waals surface area (Å²) >= 11 is 0. The van der Waals surface area contributed by atoms with Crippen molar-refractivity contribution in [2.75, 3.05) is 29.4 Å². The van der Waals surface area contributed by atoms with Crippen LogP contribution < -0.4 is 15.1 Å². The number of piperazine rings is 1. The quantitative estimate of drug-likeness (QED) is 0.436. The van der Waals surface area contributed by atoms with Crippen LogP contribution in [0.25, 0.3) is 0 Å². The first kappa shape index (κ1) is 23.3. The highest BCUT2D eigenvalue weighted by molar-refractivity contribution is 5.82. The Hall–Kier alpha value is -4.45. The molecule has 2 atom stereocenters. The number of fused-ring (bicyclic) bond motifs is 3. The number of benzene rings is 3. The zero-order chi connectivity index (χ0) is 25.2. The summed E-state index contributed by atoms with van der Waals surface area (Å²) in [6, 6.07) is 20.5. The Morgan fingerprint density at radius 2 is 1.89 bits per heavy atom. The number of hydrogen-bond donors (Lipinski definition) is 1. The van der Waals surface area contributed by atoms with E-state index >= 15 is 0 Å². The van der Waals surface area contributed by atoms with E-state index in [0.29, 0.717) is 37.2 Å². The monoisotopic (exact) mass is 485 g/mol. The largest absolute Gasteiger partial charge is 0.367 e. The zero-order valence-corrected chi connectivity index (χ0v) is 19.4. The van der Waals surface area contributed by atoms with Gasteiger partial charge < -0.3 is 15.1 Å². The summed E-state index contributed by atoms with van der Waals surface area (Å²) in [4.78, 5) is 28.7. The normalized spacial score (nSPS) is 18.6. The van der Waals surface area contributed by atoms with Gasteiger partial charge in [0.2, 0.25) is 5.91 Å². The molecule has 36 heavy (non-hydrogen) atoms. The van der Waals surface area contributed by atoms with E-state index in [4.69, 9.17) is 0 Å². The van der Waals surface area contributed by atoms with Crippen LogP contribution in [0.5, 0.6) is 0 Å². The number of amides is 1. The van der Waals surface area contributed by atoms with E-state index in [-0.39, 0.29) is 30.0 Å². The van der Waals surface area contributed by atoms with Crippen molar-refractivity contribution in [3.8, 4) is 6.07 Å². The predicted molar refractivity (Wildman–Crippen MR) is 133 cm³/mol. The van der Waals surface area contributed by atoms with Crippen LogP contribution in [0.1, 0.15) is 16.7 Å². The third kappa shape index (κ3) is 4.33. The van der Waals surface area contributed by atoms with Gasteiger partial charge >= 0.3 is 0 Å². The summed E-state index contributed by atoms with van der Waals surface area (Å²) in [6.07, 6.45) is 0.328. The first-order valence-corrected chi connectivity index (χ1v) is 11.8. The smallest absolute Gasteiger partial charge is 0.269 e. The molecule has 3 aromatic carbocycles. The number of nitrogens with one attached hydrogen (secondary N) is 1. The number of nitriles is 1. The van der Waals surface area contributed by atoms with Crippen molar-refractivity contribution in [3.63, 3.8) is 0 Å². The Balaban J connectivity index is 1.46. The molecular formula is C27H24FN5O3. The van der Waals surface area contributed by atoms with Crippen molar-refractivity contribution < 1.29 is 14.1 Å². The molecule has 0 spiro atoms. The fourth-order valence-electron chi connectivity index (χ4n) is 5.24. The van der Waals surface area contributed by atoms with Crippen LogP contribution in [0.4, 0.5) is 21.5 Å². The van der Waals surface area contributed by atoms with Crippen LogP contribution >= 0.6 is 0 Å². The standard InChI is InChI=1S/C27H24FN5O3/c28-23-7-3-1-6-19(23)16-30-27(34)22-14-20-13-21(33(35)36)9-10-25(20)32-12-11-31(17-26(22)32)24-8-4-2-5-18(24)15-29/h1-10,13,22,26H,11-12,14,16-17H2,(H,30,34). The van der Waals surface area contributed by atoms with Gasteiger partial charge in [0.15, 0.2) is 0 Å². The van der Waals surface area contributed by atoms with Gasteiger partial charge in [-0.1, -0.05) is 30.3 Å². The van der Waals surface area contributed by atoms with E-state index in [2.05, 4.69) is 21.2 Å². The minimum atomic E-state index is -0.511. The van der Waals surface area contributed by atoms with Crippen LogP contribution in [0.3, 0.4) is 0 Å². The van der Waals surface area contributed by atoms with E-state index in [9.17, 15) is 24.6 Å². The Labute approximate surface area is 207 Å². The molecule has 3 aromatic rings. The van der Waals surface area contributed by atoms with Gasteiger partial charge in [0.05, 0.1) is 28.1 Å². The number of non-ortho nitro benzene ring substituents is 1. The van der Waals surface area contributed by atoms with Crippen LogP contribution in [0, 0.1) is 33.2 Å². The molecule has 1 fully saturated rings. The highest BCUT2D eigenvalue weighted by Gasteiger charge is 2.42. The molecule has 2 unspecified atom stereocenters. The van der Waals surface area contributed by atoms with Crippen LogP contribution in [0.15, 0.2) is 66.7 Å². The molecule has 8 nitrogen and oxygen atoms in total. The number of para-hydroxylation sites is 1. The molecule has 0 aliphatic carbocycles. The molecule has 1 N–H and O–H groups in total. The number of hydrogen-bond acceptors (Lipinski definition) is 6. The maximum absolute atomic E-state index is 14.1. The van der Waals surface area contributed by atoms with Crippen LogP contribution in [-0.2, 0) is 17.8 Å². The molecule has 0 aromatic heterocycles. The third-order valence-electron chi connectivity index (χ3n) is 7.02. The molecule has 1 amide bonds. The molecular weight excluding hydrogens is 461 g/mol. The molecule has 0 bridgehead atoms. The van der Waals surface area contributed by atoms with Gasteiger partial charge in [-0.2, -0.15) is 5.26 Å². The Kier molecular flexibility index (Phi) is 6.25. The zero-order valence-electron chi connectivity index (χ0n) is 19.4. The topological polar surface area (TPSA) is 103 Å². The van der Waals surface area contributed by atoms with E-state index in [1.807, 2.05) is 18.2 Å². The highest BCUT2D eigenvalue weighted by Crippen LogP contribution is 2.39. The lowest BCUT2D eigenvalue weighted by atomic mass is 9.83. The minimum absolute atomic E-state index is 0.0145. The number of anilines is 2. The molecule has 182 valence electrons. The number of halogens is 1. The Bertz CT molecular complexity index is 1370. The van der Waals surface area contributed by atoms with E-state index in [0.717, 1.165) is 16.9 Å². The summed E-state index contributed by atoms with van der Waals surface area (Å²) in [7, 11) is 0. The molecule has 9 heteroatoms. The van der Waals surface area contributed by atoms with Gasteiger partial charge in [-0.15, -0.1) is 0 Å². The van der Waals surface area contributed by atoms with Crippen molar-refractivity contribution in [2.45, 2.75) is 19.0 Å². The number of carbonyl (C=O) groups excluding carboxylic acids is 1. The molecule has 2 aliphatic heterocycles. The highest BCUT2D eigenvalue weighted by atomic mass is 19.1. The van der Waals surface area contributed by atoms with Crippen molar-refractivity contribution in [1.82, 2.24) is 5.32 Å². The molecule has 0 radical (unpaired) electrons. The summed E-state index contributed by atoms with van der Waals surface area (Å²) < 4.78 is 14.1. The Morgan fingerprint density at radius 1 is 1.11 bits per heavy atom. The molecule has 2 heterocycles. The summed E-state index contributed by atoms with van der Waals surface area (Å²) in [6.45, 7) is 1.78. The van der Waals surface area contributed by atoms with Gasteiger partial charge in [0.1, 0.15) is 11.9 Å².